The van der Waals surface area contributed by atoms with Crippen LogP contribution in [0.2, 0.25) is 0 Å². The smallest absolute Gasteiger partial charge is 0.125 e. The molecule has 0 saturated heterocycles. The summed E-state index contributed by atoms with van der Waals surface area (Å²) in [6.07, 6.45) is 5.00. The second-order valence-electron chi connectivity index (χ2n) is 5.11. The Hall–Kier alpha value is -0.920. The third-order valence-electron chi connectivity index (χ3n) is 3.58. The molecule has 1 aromatic heterocycles. The van der Waals surface area contributed by atoms with Crippen molar-refractivity contribution in [1.29, 1.82) is 5.26 Å². The average Bonchev–Trinajstić information content (AvgIpc) is 2.79. The molecule has 1 fully saturated rings. The zero-order valence-electron chi connectivity index (χ0n) is 11.1. The van der Waals surface area contributed by atoms with E-state index in [0.29, 0.717) is 12.3 Å². The van der Waals surface area contributed by atoms with Gasteiger partial charge in [-0.15, -0.1) is 11.3 Å². The highest BCUT2D eigenvalue weighted by molar-refractivity contribution is 7.09. The summed E-state index contributed by atoms with van der Waals surface area (Å²) in [7, 11) is 0. The Labute approximate surface area is 113 Å². The van der Waals surface area contributed by atoms with Gasteiger partial charge in [-0.3, -0.25) is 0 Å². The number of ether oxygens (including phenoxy) is 1. The van der Waals surface area contributed by atoms with Crippen LogP contribution < -0.4 is 0 Å². The molecule has 0 bridgehead atoms. The van der Waals surface area contributed by atoms with E-state index in [-0.39, 0.29) is 5.60 Å². The Morgan fingerprint density at radius 3 is 3.17 bits per heavy atom. The van der Waals surface area contributed by atoms with Gasteiger partial charge in [0.15, 0.2) is 0 Å². The molecule has 0 N–H and O–H groups in total. The van der Waals surface area contributed by atoms with Gasteiger partial charge in [0, 0.05) is 12.0 Å². The van der Waals surface area contributed by atoms with Crippen LogP contribution in [0, 0.1) is 17.2 Å². The number of hydrogen-bond acceptors (Lipinski definition) is 4. The van der Waals surface area contributed by atoms with E-state index in [1.54, 1.807) is 11.3 Å². The Balaban J connectivity index is 2.25. The van der Waals surface area contributed by atoms with Crippen LogP contribution in [0.1, 0.15) is 50.2 Å². The molecular weight excluding hydrogens is 244 g/mol. The van der Waals surface area contributed by atoms with Crippen molar-refractivity contribution in [2.75, 3.05) is 6.61 Å². The first-order valence-corrected chi connectivity index (χ1v) is 7.54. The Kier molecular flexibility index (Phi) is 4.36. The van der Waals surface area contributed by atoms with Crippen molar-refractivity contribution in [2.45, 2.75) is 51.6 Å². The molecule has 18 heavy (non-hydrogen) atoms. The van der Waals surface area contributed by atoms with Crippen LogP contribution in [0.5, 0.6) is 0 Å². The molecule has 0 aliphatic heterocycles. The monoisotopic (exact) mass is 264 g/mol. The highest BCUT2D eigenvalue weighted by Crippen LogP contribution is 2.43. The summed E-state index contributed by atoms with van der Waals surface area (Å²) >= 11 is 1.65. The van der Waals surface area contributed by atoms with E-state index in [2.05, 4.69) is 18.0 Å². The van der Waals surface area contributed by atoms with Crippen molar-refractivity contribution in [3.63, 3.8) is 0 Å². The minimum absolute atomic E-state index is 0.190. The van der Waals surface area contributed by atoms with Crippen LogP contribution >= 0.6 is 11.3 Å². The van der Waals surface area contributed by atoms with Crippen molar-refractivity contribution in [3.8, 4) is 6.07 Å². The van der Waals surface area contributed by atoms with Crippen LogP contribution in [-0.4, -0.2) is 11.6 Å². The largest absolute Gasteiger partial charge is 0.368 e. The highest BCUT2D eigenvalue weighted by atomic mass is 32.1. The maximum atomic E-state index is 8.73. The first-order chi connectivity index (χ1) is 8.70. The van der Waals surface area contributed by atoms with Crippen molar-refractivity contribution >= 4 is 11.3 Å². The second-order valence-corrected chi connectivity index (χ2v) is 5.97. The SMILES string of the molecule is CCOC1(c2nc(CC#N)cs2)CCCC(C)C1. The van der Waals surface area contributed by atoms with Crippen molar-refractivity contribution in [2.24, 2.45) is 5.92 Å². The van der Waals surface area contributed by atoms with Crippen LogP contribution in [0.3, 0.4) is 0 Å². The summed E-state index contributed by atoms with van der Waals surface area (Å²) in [5.41, 5.74) is 0.694. The van der Waals surface area contributed by atoms with E-state index >= 15 is 0 Å². The number of thiazole rings is 1. The van der Waals surface area contributed by atoms with Gasteiger partial charge in [0.05, 0.1) is 18.2 Å². The van der Waals surface area contributed by atoms with Gasteiger partial charge in [0.2, 0.25) is 0 Å². The first kappa shape index (κ1) is 13.5. The van der Waals surface area contributed by atoms with Crippen molar-refractivity contribution in [3.05, 3.63) is 16.1 Å². The van der Waals surface area contributed by atoms with Crippen molar-refractivity contribution < 1.29 is 4.74 Å². The summed E-state index contributed by atoms with van der Waals surface area (Å²) in [6, 6.07) is 2.16. The Bertz CT molecular complexity index is 433. The third-order valence-corrected chi connectivity index (χ3v) is 4.65. The molecule has 1 aliphatic rings. The van der Waals surface area contributed by atoms with Crippen LogP contribution in [-0.2, 0) is 16.8 Å². The van der Waals surface area contributed by atoms with E-state index < -0.39 is 0 Å². The van der Waals surface area contributed by atoms with Crippen molar-refractivity contribution in [1.82, 2.24) is 4.98 Å². The molecule has 1 aliphatic carbocycles. The number of rotatable bonds is 4. The summed E-state index contributed by atoms with van der Waals surface area (Å²) in [5, 5.41) is 11.8. The normalized spacial score (nSPS) is 27.9. The molecule has 0 spiro atoms. The molecule has 98 valence electrons. The van der Waals surface area contributed by atoms with Gasteiger partial charge in [-0.2, -0.15) is 5.26 Å². The summed E-state index contributed by atoms with van der Waals surface area (Å²) in [5.74, 6) is 0.689. The van der Waals surface area contributed by atoms with Crippen LogP contribution in [0.15, 0.2) is 5.38 Å². The number of hydrogen-bond donors (Lipinski definition) is 0. The minimum Gasteiger partial charge on any atom is -0.368 e. The molecule has 1 heterocycles. The fraction of sp³-hybridized carbons (Fsp3) is 0.714. The molecule has 1 saturated carbocycles. The number of nitriles is 1. The molecule has 3 nitrogen and oxygen atoms in total. The zero-order valence-corrected chi connectivity index (χ0v) is 11.9. The molecule has 0 amide bonds. The predicted octanol–water partition coefficient (Wildman–Crippen LogP) is 3.65. The molecule has 0 radical (unpaired) electrons. The molecule has 4 heteroatoms. The summed E-state index contributed by atoms with van der Waals surface area (Å²) in [4.78, 5) is 4.62. The Morgan fingerprint density at radius 2 is 2.50 bits per heavy atom. The predicted molar refractivity (Wildman–Crippen MR) is 72.4 cm³/mol. The van der Waals surface area contributed by atoms with Gasteiger partial charge < -0.3 is 4.74 Å². The minimum atomic E-state index is -0.190. The quantitative estimate of drug-likeness (QED) is 0.834. The summed E-state index contributed by atoms with van der Waals surface area (Å²) in [6.45, 7) is 5.06. The van der Waals surface area contributed by atoms with E-state index in [1.807, 2.05) is 12.3 Å². The van der Waals surface area contributed by atoms with E-state index in [4.69, 9.17) is 10.00 Å². The van der Waals surface area contributed by atoms with E-state index in [0.717, 1.165) is 30.2 Å². The highest BCUT2D eigenvalue weighted by Gasteiger charge is 2.39. The lowest BCUT2D eigenvalue weighted by molar-refractivity contribution is -0.0821. The molecular formula is C14H20N2OS. The Morgan fingerprint density at radius 1 is 1.67 bits per heavy atom. The van der Waals surface area contributed by atoms with Gasteiger partial charge in [0.25, 0.3) is 0 Å². The molecule has 2 atom stereocenters. The lowest BCUT2D eigenvalue weighted by Gasteiger charge is -2.38. The van der Waals surface area contributed by atoms with E-state index in [1.165, 1.54) is 12.8 Å². The fourth-order valence-electron chi connectivity index (χ4n) is 2.84. The molecule has 2 unspecified atom stereocenters. The second kappa shape index (κ2) is 5.81. The first-order valence-electron chi connectivity index (χ1n) is 6.66. The lowest BCUT2D eigenvalue weighted by atomic mass is 9.79. The van der Waals surface area contributed by atoms with Gasteiger partial charge in [-0.25, -0.2) is 4.98 Å². The van der Waals surface area contributed by atoms with Crippen LogP contribution in [0.4, 0.5) is 0 Å². The lowest BCUT2D eigenvalue weighted by Crippen LogP contribution is -2.35. The van der Waals surface area contributed by atoms with Crippen LogP contribution in [0.25, 0.3) is 0 Å². The standard InChI is InChI=1S/C14H20N2OS/c1-3-17-14(7-4-5-11(2)9-14)13-16-12(6-8-15)10-18-13/h10-11H,3-7,9H2,1-2H3. The maximum absolute atomic E-state index is 8.73. The fourth-order valence-corrected chi connectivity index (χ4v) is 3.86. The van der Waals surface area contributed by atoms with Gasteiger partial charge in [-0.1, -0.05) is 13.3 Å². The zero-order chi connectivity index (χ0) is 13.0. The van der Waals surface area contributed by atoms with Gasteiger partial charge in [0.1, 0.15) is 10.6 Å². The van der Waals surface area contributed by atoms with Gasteiger partial charge >= 0.3 is 0 Å². The maximum Gasteiger partial charge on any atom is 0.125 e. The molecule has 0 aromatic carbocycles. The third kappa shape index (κ3) is 2.73. The molecule has 2 rings (SSSR count). The molecule has 1 aromatic rings. The number of nitrogens with zero attached hydrogens (tertiary/aromatic N) is 2. The number of aromatic nitrogens is 1. The van der Waals surface area contributed by atoms with E-state index in [9.17, 15) is 0 Å². The summed E-state index contributed by atoms with van der Waals surface area (Å²) < 4.78 is 6.08. The average molecular weight is 264 g/mol. The topological polar surface area (TPSA) is 45.9 Å². The van der Waals surface area contributed by atoms with Gasteiger partial charge in [-0.05, 0) is 32.1 Å².